The molecule has 33 heavy (non-hydrogen) atoms. The van der Waals surface area contributed by atoms with Crippen molar-refractivity contribution in [2.24, 2.45) is 0 Å². The van der Waals surface area contributed by atoms with Gasteiger partial charge in [-0.1, -0.05) is 17.4 Å². The van der Waals surface area contributed by atoms with Crippen molar-refractivity contribution >= 4 is 38.7 Å². The number of fused-ring (bicyclic) bond motifs is 2. The number of aromatic nitrogens is 1. The Bertz CT molecular complexity index is 1130. The lowest BCUT2D eigenvalue weighted by atomic mass is 10.2. The number of amides is 1. The van der Waals surface area contributed by atoms with Crippen LogP contribution in [0.4, 0.5) is 5.13 Å². The molecule has 0 radical (unpaired) electrons. The van der Waals surface area contributed by atoms with Gasteiger partial charge < -0.3 is 23.8 Å². The molecule has 0 N–H and O–H groups in total. The number of carbonyl (C=O) groups is 1. The van der Waals surface area contributed by atoms with Crippen LogP contribution in [0.2, 0.25) is 0 Å². The molecule has 0 spiro atoms. The first-order chi connectivity index (χ1) is 16.0. The number of anilines is 1. The average Bonchev–Trinajstić information content (AvgIpc) is 3.46. The summed E-state index contributed by atoms with van der Waals surface area (Å²) in [5, 5.41) is 0.604. The fourth-order valence-corrected chi connectivity index (χ4v) is 4.62. The molecule has 0 aliphatic carbocycles. The molecule has 1 aromatic heterocycles. The Balaban J connectivity index is 1.63. The number of thiazole rings is 1. The maximum atomic E-state index is 13.3. The van der Waals surface area contributed by atoms with Gasteiger partial charge in [0.25, 0.3) is 5.91 Å². The van der Waals surface area contributed by atoms with Gasteiger partial charge in [-0.05, 0) is 63.0 Å². The third-order valence-electron chi connectivity index (χ3n) is 5.20. The molecule has 4 rings (SSSR count). The third kappa shape index (κ3) is 5.04. The molecule has 0 saturated heterocycles. The molecule has 1 amide bonds. The maximum absolute atomic E-state index is 13.3. The van der Waals surface area contributed by atoms with Crippen LogP contribution in [0.15, 0.2) is 36.4 Å². The third-order valence-corrected chi connectivity index (χ3v) is 6.29. The van der Waals surface area contributed by atoms with E-state index in [1.165, 1.54) is 11.3 Å². The first kappa shape index (κ1) is 22.9. The monoisotopic (exact) mass is 469 g/mol. The average molecular weight is 470 g/mol. The molecule has 8 nitrogen and oxygen atoms in total. The number of methoxy groups -OCH3 is 2. The van der Waals surface area contributed by atoms with E-state index in [1.54, 1.807) is 31.3 Å². The van der Waals surface area contributed by atoms with Crippen LogP contribution in [0.25, 0.3) is 16.3 Å². The van der Waals surface area contributed by atoms with Crippen LogP contribution in [0.5, 0.6) is 23.0 Å². The van der Waals surface area contributed by atoms with Crippen LogP contribution in [-0.2, 0) is 4.79 Å². The summed E-state index contributed by atoms with van der Waals surface area (Å²) in [6, 6.07) is 9.26. The standard InChI is InChI=1S/C24H27N3O5S/c1-26(2)12-5-13-27(21(28)11-7-16-6-8-17-20(14-16)32-15-31-17)24-25-22-18(29-3)9-10-19(30-4)23(22)33-24/h6-11,14H,5,12-13,15H2,1-4H3. The van der Waals surface area contributed by atoms with E-state index >= 15 is 0 Å². The van der Waals surface area contributed by atoms with Crippen molar-refractivity contribution in [2.45, 2.75) is 6.42 Å². The normalized spacial score (nSPS) is 12.6. The van der Waals surface area contributed by atoms with Crippen molar-refractivity contribution in [3.63, 3.8) is 0 Å². The summed E-state index contributed by atoms with van der Waals surface area (Å²) in [6.07, 6.45) is 4.15. The largest absolute Gasteiger partial charge is 0.495 e. The second-order valence-electron chi connectivity index (χ2n) is 7.74. The zero-order valence-electron chi connectivity index (χ0n) is 19.2. The summed E-state index contributed by atoms with van der Waals surface area (Å²) in [4.78, 5) is 21.8. The van der Waals surface area contributed by atoms with Crippen LogP contribution < -0.4 is 23.8 Å². The molecule has 0 atom stereocenters. The molecular weight excluding hydrogens is 442 g/mol. The molecule has 0 fully saturated rings. The van der Waals surface area contributed by atoms with Crippen molar-refractivity contribution in [2.75, 3.05) is 53.1 Å². The first-order valence-electron chi connectivity index (χ1n) is 10.6. The highest BCUT2D eigenvalue weighted by Crippen LogP contribution is 2.40. The van der Waals surface area contributed by atoms with Crippen molar-refractivity contribution in [3.05, 3.63) is 42.0 Å². The van der Waals surface area contributed by atoms with Gasteiger partial charge in [0.1, 0.15) is 21.7 Å². The predicted molar refractivity (Wildman–Crippen MR) is 130 cm³/mol. The summed E-state index contributed by atoms with van der Waals surface area (Å²) in [5.41, 5.74) is 1.54. The van der Waals surface area contributed by atoms with E-state index in [0.29, 0.717) is 40.2 Å². The maximum Gasteiger partial charge on any atom is 0.252 e. The van der Waals surface area contributed by atoms with Crippen molar-refractivity contribution < 1.29 is 23.7 Å². The van der Waals surface area contributed by atoms with E-state index in [-0.39, 0.29) is 12.7 Å². The molecular formula is C24H27N3O5S. The first-order valence-corrected chi connectivity index (χ1v) is 11.4. The lowest BCUT2D eigenvalue weighted by molar-refractivity contribution is -0.114. The van der Waals surface area contributed by atoms with Crippen molar-refractivity contribution in [1.82, 2.24) is 9.88 Å². The quantitative estimate of drug-likeness (QED) is 0.438. The minimum atomic E-state index is -0.150. The van der Waals surface area contributed by atoms with Crippen LogP contribution in [0.1, 0.15) is 12.0 Å². The molecule has 174 valence electrons. The Kier molecular flexibility index (Phi) is 7.00. The second-order valence-corrected chi connectivity index (χ2v) is 8.71. The van der Waals surface area contributed by atoms with Gasteiger partial charge in [-0.3, -0.25) is 9.69 Å². The molecule has 0 bridgehead atoms. The smallest absolute Gasteiger partial charge is 0.252 e. The summed E-state index contributed by atoms with van der Waals surface area (Å²) < 4.78 is 22.6. The Morgan fingerprint density at radius 2 is 1.85 bits per heavy atom. The van der Waals surface area contributed by atoms with Crippen LogP contribution in [0.3, 0.4) is 0 Å². The summed E-state index contributed by atoms with van der Waals surface area (Å²) in [5.74, 6) is 2.58. The molecule has 2 heterocycles. The molecule has 1 aliphatic heterocycles. The van der Waals surface area contributed by atoms with Gasteiger partial charge in [0.2, 0.25) is 6.79 Å². The minimum absolute atomic E-state index is 0.150. The van der Waals surface area contributed by atoms with Crippen molar-refractivity contribution in [1.29, 1.82) is 0 Å². The number of ether oxygens (including phenoxy) is 4. The van der Waals surface area contributed by atoms with Crippen molar-refractivity contribution in [3.8, 4) is 23.0 Å². The Morgan fingerprint density at radius 1 is 1.09 bits per heavy atom. The Labute approximate surface area is 196 Å². The number of rotatable bonds is 9. The van der Waals surface area contributed by atoms with E-state index in [9.17, 15) is 4.79 Å². The number of hydrogen-bond acceptors (Lipinski definition) is 8. The number of carbonyl (C=O) groups excluding carboxylic acids is 1. The predicted octanol–water partition coefficient (Wildman–Crippen LogP) is 4.04. The Hall–Kier alpha value is -3.30. The van der Waals surface area contributed by atoms with Gasteiger partial charge in [0.15, 0.2) is 16.6 Å². The van der Waals surface area contributed by atoms with Gasteiger partial charge in [-0.2, -0.15) is 0 Å². The lowest BCUT2D eigenvalue weighted by Crippen LogP contribution is -2.32. The highest BCUT2D eigenvalue weighted by molar-refractivity contribution is 7.22. The number of benzene rings is 2. The minimum Gasteiger partial charge on any atom is -0.495 e. The highest BCUT2D eigenvalue weighted by atomic mass is 32.1. The second kappa shape index (κ2) is 10.1. The zero-order valence-corrected chi connectivity index (χ0v) is 20.0. The summed E-state index contributed by atoms with van der Waals surface area (Å²) in [7, 11) is 7.25. The Morgan fingerprint density at radius 3 is 2.61 bits per heavy atom. The van der Waals surface area contributed by atoms with Gasteiger partial charge in [-0.15, -0.1) is 0 Å². The number of hydrogen-bond donors (Lipinski definition) is 0. The molecule has 0 saturated carbocycles. The van der Waals surface area contributed by atoms with Crippen LogP contribution in [0, 0.1) is 0 Å². The summed E-state index contributed by atoms with van der Waals surface area (Å²) in [6.45, 7) is 1.60. The molecule has 0 unspecified atom stereocenters. The lowest BCUT2D eigenvalue weighted by Gasteiger charge is -2.19. The van der Waals surface area contributed by atoms with Gasteiger partial charge >= 0.3 is 0 Å². The van der Waals surface area contributed by atoms with E-state index in [1.807, 2.05) is 44.4 Å². The van der Waals surface area contributed by atoms with Gasteiger partial charge in [0, 0.05) is 12.6 Å². The molecule has 1 aliphatic rings. The fourth-order valence-electron chi connectivity index (χ4n) is 3.51. The van der Waals surface area contributed by atoms with E-state index in [2.05, 4.69) is 4.90 Å². The van der Waals surface area contributed by atoms with E-state index in [0.717, 1.165) is 23.2 Å². The summed E-state index contributed by atoms with van der Waals surface area (Å²) >= 11 is 1.42. The van der Waals surface area contributed by atoms with E-state index in [4.69, 9.17) is 23.9 Å². The van der Waals surface area contributed by atoms with Gasteiger partial charge in [0.05, 0.1) is 14.2 Å². The molecule has 3 aromatic rings. The number of nitrogens with zero attached hydrogens (tertiary/aromatic N) is 3. The van der Waals surface area contributed by atoms with E-state index < -0.39 is 0 Å². The zero-order chi connectivity index (χ0) is 23.4. The molecule has 9 heteroatoms. The van der Waals surface area contributed by atoms with Crippen LogP contribution in [-0.4, -0.2) is 64.0 Å². The van der Waals surface area contributed by atoms with Crippen LogP contribution >= 0.6 is 11.3 Å². The SMILES string of the molecule is COc1ccc(OC)c2sc(N(CCCN(C)C)C(=O)C=Cc3ccc4c(c3)OCO4)nc12. The van der Waals surface area contributed by atoms with Gasteiger partial charge in [-0.25, -0.2) is 4.98 Å². The highest BCUT2D eigenvalue weighted by Gasteiger charge is 2.21. The topological polar surface area (TPSA) is 73.4 Å². The fraction of sp³-hybridized carbons (Fsp3) is 0.333. The molecule has 2 aromatic carbocycles.